The predicted octanol–water partition coefficient (Wildman–Crippen LogP) is 3.84. The van der Waals surface area contributed by atoms with Crippen molar-refractivity contribution in [3.05, 3.63) is 82.1 Å². The molecule has 1 aliphatic rings. The monoisotopic (exact) mass is 447 g/mol. The van der Waals surface area contributed by atoms with Gasteiger partial charge in [-0.25, -0.2) is 9.48 Å². The molecule has 0 bridgehead atoms. The summed E-state index contributed by atoms with van der Waals surface area (Å²) in [4.78, 5) is 26.9. The van der Waals surface area contributed by atoms with Crippen molar-refractivity contribution in [2.45, 2.75) is 27.3 Å². The minimum Gasteiger partial charge on any atom is -0.450 e. The summed E-state index contributed by atoms with van der Waals surface area (Å²) < 4.78 is 6.20. The van der Waals surface area contributed by atoms with E-state index >= 15 is 0 Å². The minimum absolute atomic E-state index is 0.0719. The van der Waals surface area contributed by atoms with Gasteiger partial charge in [-0.05, 0) is 44.5 Å². The fourth-order valence-corrected chi connectivity index (χ4v) is 3.23. The van der Waals surface area contributed by atoms with Crippen molar-refractivity contribution in [2.75, 3.05) is 25.0 Å². The van der Waals surface area contributed by atoms with Gasteiger partial charge in [-0.3, -0.25) is 15.1 Å². The first-order valence-corrected chi connectivity index (χ1v) is 11.0. The summed E-state index contributed by atoms with van der Waals surface area (Å²) in [7, 11) is 0. The lowest BCUT2D eigenvalue weighted by Crippen LogP contribution is -2.21. The summed E-state index contributed by atoms with van der Waals surface area (Å²) in [6.45, 7) is 8.35. The first-order chi connectivity index (χ1) is 16.0. The quantitative estimate of drug-likeness (QED) is 0.619. The fourth-order valence-electron chi connectivity index (χ4n) is 3.23. The topological polar surface area (TPSA) is 97.6 Å². The lowest BCUT2D eigenvalue weighted by molar-refractivity contribution is 0.168. The number of hydrogen-bond donors (Lipinski definition) is 2. The first-order valence-electron chi connectivity index (χ1n) is 11.0. The maximum Gasteiger partial charge on any atom is 0.411 e. The minimum atomic E-state index is -0.409. The van der Waals surface area contributed by atoms with Crippen molar-refractivity contribution in [2.24, 2.45) is 4.99 Å². The van der Waals surface area contributed by atoms with Crippen LogP contribution in [0.15, 0.2) is 70.5 Å². The molecule has 0 aliphatic carbocycles. The number of carbonyl (C=O) groups excluding carboxylic acids is 1. The van der Waals surface area contributed by atoms with Gasteiger partial charge in [0.15, 0.2) is 0 Å². The highest BCUT2D eigenvalue weighted by Crippen LogP contribution is 2.17. The van der Waals surface area contributed by atoms with E-state index in [4.69, 9.17) is 4.74 Å². The Bertz CT molecular complexity index is 1170. The van der Waals surface area contributed by atoms with E-state index in [9.17, 15) is 9.59 Å². The number of benzene rings is 2. The Labute approximate surface area is 193 Å². The smallest absolute Gasteiger partial charge is 0.411 e. The number of ether oxygens (including phenoxy) is 1. The van der Waals surface area contributed by atoms with Crippen LogP contribution in [0.25, 0.3) is 11.3 Å². The molecule has 2 N–H and O–H groups in total. The second kappa shape index (κ2) is 11.6. The van der Waals surface area contributed by atoms with Crippen LogP contribution in [0.4, 0.5) is 10.5 Å². The molecule has 33 heavy (non-hydrogen) atoms. The van der Waals surface area contributed by atoms with Crippen molar-refractivity contribution in [3.8, 4) is 11.3 Å². The number of carbonyl (C=O) groups is 1. The van der Waals surface area contributed by atoms with E-state index in [1.807, 2.05) is 62.4 Å². The molecule has 1 aromatic heterocycles. The van der Waals surface area contributed by atoms with Crippen LogP contribution in [-0.4, -0.2) is 41.4 Å². The van der Waals surface area contributed by atoms with Gasteiger partial charge in [0.2, 0.25) is 0 Å². The molecule has 1 amide bonds. The Balaban J connectivity index is 0.000000205. The zero-order valence-corrected chi connectivity index (χ0v) is 19.2. The van der Waals surface area contributed by atoms with E-state index in [0.29, 0.717) is 13.2 Å². The van der Waals surface area contributed by atoms with Gasteiger partial charge in [0.1, 0.15) is 5.84 Å². The van der Waals surface area contributed by atoms with E-state index in [-0.39, 0.29) is 5.56 Å². The molecular formula is C25H29N5O3. The molecule has 8 heteroatoms. The third kappa shape index (κ3) is 6.77. The van der Waals surface area contributed by atoms with Gasteiger partial charge >= 0.3 is 6.09 Å². The zero-order valence-electron chi connectivity index (χ0n) is 19.2. The Hall–Kier alpha value is -3.94. The highest BCUT2D eigenvalue weighted by Gasteiger charge is 2.08. The zero-order chi connectivity index (χ0) is 23.6. The van der Waals surface area contributed by atoms with E-state index in [0.717, 1.165) is 47.0 Å². The molecule has 0 atom stereocenters. The first kappa shape index (κ1) is 23.7. The Morgan fingerprint density at radius 1 is 1.09 bits per heavy atom. The molecule has 8 nitrogen and oxygen atoms in total. The predicted molar refractivity (Wildman–Crippen MR) is 131 cm³/mol. The third-order valence-corrected chi connectivity index (χ3v) is 4.83. The molecule has 0 saturated heterocycles. The van der Waals surface area contributed by atoms with Crippen LogP contribution in [0.2, 0.25) is 0 Å². The molecule has 4 rings (SSSR count). The van der Waals surface area contributed by atoms with E-state index < -0.39 is 6.09 Å². The van der Waals surface area contributed by atoms with Crippen LogP contribution in [0.5, 0.6) is 0 Å². The molecule has 2 heterocycles. The standard InChI is InChI=1S/C15H16N4O.C10H13NO2/c1-2-19-14(20)8-7-13(18-19)11-3-5-12(6-4-11)15-16-9-10-17-15;1-3-13-10(12)11-9-6-4-5-8(2)7-9/h3-8H,2,9-10H2,1H3,(H,16,17);4-7H,3H2,1-2H3,(H,11,12). The Kier molecular flexibility index (Phi) is 8.35. The van der Waals surface area contributed by atoms with Gasteiger partial charge in [-0.1, -0.05) is 36.4 Å². The summed E-state index contributed by atoms with van der Waals surface area (Å²) in [6.07, 6.45) is -0.409. The second-order valence-electron chi connectivity index (χ2n) is 7.32. The van der Waals surface area contributed by atoms with Crippen LogP contribution < -0.4 is 16.2 Å². The number of aryl methyl sites for hydroxylation is 2. The highest BCUT2D eigenvalue weighted by molar-refractivity contribution is 6.00. The van der Waals surface area contributed by atoms with Crippen molar-refractivity contribution in [3.63, 3.8) is 0 Å². The van der Waals surface area contributed by atoms with Gasteiger partial charge < -0.3 is 10.1 Å². The number of nitrogens with one attached hydrogen (secondary N) is 2. The molecule has 2 aromatic carbocycles. The number of aromatic nitrogens is 2. The summed E-state index contributed by atoms with van der Waals surface area (Å²) in [5.41, 5.74) is 4.68. The molecular weight excluding hydrogens is 418 g/mol. The van der Waals surface area contributed by atoms with Gasteiger partial charge in [0, 0.05) is 36.0 Å². The molecule has 0 fully saturated rings. The largest absolute Gasteiger partial charge is 0.450 e. The molecule has 0 unspecified atom stereocenters. The maximum absolute atomic E-state index is 11.5. The van der Waals surface area contributed by atoms with E-state index in [2.05, 4.69) is 20.7 Å². The third-order valence-electron chi connectivity index (χ3n) is 4.83. The van der Waals surface area contributed by atoms with Gasteiger partial charge in [0.05, 0.1) is 18.8 Å². The summed E-state index contributed by atoms with van der Waals surface area (Å²) in [5.74, 6) is 0.947. The molecule has 172 valence electrons. The molecule has 0 spiro atoms. The number of anilines is 1. The summed E-state index contributed by atoms with van der Waals surface area (Å²) >= 11 is 0. The van der Waals surface area contributed by atoms with E-state index in [1.165, 1.54) is 4.68 Å². The van der Waals surface area contributed by atoms with Crippen molar-refractivity contribution in [1.82, 2.24) is 15.1 Å². The highest BCUT2D eigenvalue weighted by atomic mass is 16.5. The summed E-state index contributed by atoms with van der Waals surface area (Å²) in [6, 6.07) is 18.9. The maximum atomic E-state index is 11.5. The SMILES string of the molecule is CCOC(=O)Nc1cccc(C)c1.CCn1nc(-c2ccc(C3=NCCN3)cc2)ccc1=O. The fraction of sp³-hybridized carbons (Fsp3) is 0.280. The van der Waals surface area contributed by atoms with Crippen LogP contribution in [0.3, 0.4) is 0 Å². The lowest BCUT2D eigenvalue weighted by atomic mass is 10.1. The van der Waals surface area contributed by atoms with Crippen LogP contribution >= 0.6 is 0 Å². The molecule has 0 saturated carbocycles. The number of hydrogen-bond acceptors (Lipinski definition) is 6. The molecule has 0 radical (unpaired) electrons. The average Bonchev–Trinajstić information content (AvgIpc) is 3.35. The number of aliphatic imine (C=N–C) groups is 1. The second-order valence-corrected chi connectivity index (χ2v) is 7.32. The van der Waals surface area contributed by atoms with Crippen molar-refractivity contribution < 1.29 is 9.53 Å². The van der Waals surface area contributed by atoms with Crippen LogP contribution in [0, 0.1) is 6.92 Å². The molecule has 3 aromatic rings. The van der Waals surface area contributed by atoms with Crippen LogP contribution in [0.1, 0.15) is 25.0 Å². The molecule has 1 aliphatic heterocycles. The number of amides is 1. The van der Waals surface area contributed by atoms with Gasteiger partial charge in [0.25, 0.3) is 5.56 Å². The van der Waals surface area contributed by atoms with Crippen molar-refractivity contribution in [1.29, 1.82) is 0 Å². The van der Waals surface area contributed by atoms with Gasteiger partial charge in [-0.15, -0.1) is 0 Å². The lowest BCUT2D eigenvalue weighted by Gasteiger charge is -2.06. The van der Waals surface area contributed by atoms with Crippen LogP contribution in [-0.2, 0) is 11.3 Å². The van der Waals surface area contributed by atoms with Gasteiger partial charge in [-0.2, -0.15) is 5.10 Å². The Morgan fingerprint density at radius 2 is 1.85 bits per heavy atom. The normalized spacial score (nSPS) is 12.2. The summed E-state index contributed by atoms with van der Waals surface area (Å²) in [5, 5.41) is 10.2. The average molecular weight is 448 g/mol. The Morgan fingerprint density at radius 3 is 2.48 bits per heavy atom. The number of nitrogens with zero attached hydrogens (tertiary/aromatic N) is 3. The number of rotatable bonds is 5. The van der Waals surface area contributed by atoms with E-state index in [1.54, 1.807) is 19.1 Å². The van der Waals surface area contributed by atoms with Crippen molar-refractivity contribution >= 4 is 17.6 Å². The number of amidine groups is 1.